The average molecular weight is 1430 g/mol. The average Bonchev–Trinajstić information content (AvgIpc) is 1.56. The first-order chi connectivity index (χ1) is 54.5. The molecule has 0 atom stereocenters. The van der Waals surface area contributed by atoms with E-state index in [-0.39, 0.29) is 0 Å². The quantitative estimate of drug-likeness (QED) is 0.144. The van der Waals surface area contributed by atoms with Gasteiger partial charge in [-0.25, -0.2) is 0 Å². The zero-order valence-electron chi connectivity index (χ0n) is 59.6. The van der Waals surface area contributed by atoms with Crippen molar-refractivity contribution in [3.63, 3.8) is 0 Å². The third-order valence-electron chi connectivity index (χ3n) is 23.0. The Labute approximate surface area is 640 Å². The van der Waals surface area contributed by atoms with Crippen LogP contribution in [0.25, 0.3) is 216 Å². The van der Waals surface area contributed by atoms with Crippen molar-refractivity contribution in [3.05, 3.63) is 388 Å². The van der Waals surface area contributed by atoms with Crippen LogP contribution in [0.15, 0.2) is 388 Å². The molecule has 0 radical (unpaired) electrons. The Kier molecular flexibility index (Phi) is 14.1. The molecule has 0 saturated heterocycles. The highest BCUT2D eigenvalue weighted by atomic mass is 32.1. The van der Waals surface area contributed by atoms with Gasteiger partial charge >= 0.3 is 0 Å². The molecule has 0 unspecified atom stereocenters. The zero-order valence-corrected chi connectivity index (χ0v) is 61.2. The van der Waals surface area contributed by atoms with Crippen molar-refractivity contribution >= 4 is 172 Å². The molecule has 0 saturated carbocycles. The summed E-state index contributed by atoms with van der Waals surface area (Å²) in [5.74, 6) is 0. The van der Waals surface area contributed by atoms with Gasteiger partial charge in [0.25, 0.3) is 0 Å². The highest BCUT2D eigenvalue weighted by Crippen LogP contribution is 2.48. The summed E-state index contributed by atoms with van der Waals surface area (Å²) in [4.78, 5) is 0. The van der Waals surface area contributed by atoms with Crippen molar-refractivity contribution in [1.82, 2.24) is 18.3 Å². The summed E-state index contributed by atoms with van der Waals surface area (Å²) in [5, 5.41) is 20.5. The number of hydrogen-bond donors (Lipinski definition) is 0. The van der Waals surface area contributed by atoms with Crippen molar-refractivity contribution in [3.8, 4) is 67.3 Å². The molecular weight excluding hydrogens is 1370 g/mol. The Morgan fingerprint density at radius 2 is 0.500 bits per heavy atom. The summed E-state index contributed by atoms with van der Waals surface area (Å²) in [6, 6.07) is 143. The van der Waals surface area contributed by atoms with Crippen LogP contribution in [0.1, 0.15) is 0 Å². The van der Waals surface area contributed by atoms with Gasteiger partial charge in [-0.15, -0.1) is 22.7 Å². The smallest absolute Gasteiger partial charge is 0.0555 e. The molecule has 0 N–H and O–H groups in total. The second-order valence-corrected chi connectivity index (χ2v) is 31.2. The molecular formula is C104H64N4S2. The normalized spacial score (nSPS) is 12.0. The van der Waals surface area contributed by atoms with Crippen LogP contribution in [0.3, 0.4) is 0 Å². The summed E-state index contributed by atoms with van der Waals surface area (Å²) in [6.45, 7) is 0. The van der Waals surface area contributed by atoms with E-state index < -0.39 is 0 Å². The number of rotatable bonds is 8. The van der Waals surface area contributed by atoms with Crippen LogP contribution in [0.5, 0.6) is 0 Å². The van der Waals surface area contributed by atoms with Crippen molar-refractivity contribution in [2.24, 2.45) is 0 Å². The SMILES string of the molecule is c1ccc(-c2ccc(-n3c4ccc(-c5ccc6c(c5)c5ccccc5n6-c5ccc6ccccc6c5)cc4c4c5c(ccc43)sc3ccccc35)cc2)cc1.c1ccc(-c2ccc(-n3c4ccc(-c5ccc6c(c5)c5ccccc5n6-c5ccc6ccccc6c5)cc4c4c5sc6ccccc6c5ccc43)cc2)cc1. The van der Waals surface area contributed by atoms with E-state index in [4.69, 9.17) is 0 Å². The second-order valence-electron chi connectivity index (χ2n) is 29.1. The molecule has 512 valence electrons. The van der Waals surface area contributed by atoms with Crippen molar-refractivity contribution < 1.29 is 0 Å². The van der Waals surface area contributed by atoms with Crippen LogP contribution in [-0.2, 0) is 0 Å². The third kappa shape index (κ3) is 9.83. The van der Waals surface area contributed by atoms with E-state index in [1.165, 1.54) is 205 Å². The van der Waals surface area contributed by atoms with Gasteiger partial charge in [-0.1, -0.05) is 249 Å². The van der Waals surface area contributed by atoms with E-state index >= 15 is 0 Å². The Hall–Kier alpha value is -13.9. The summed E-state index contributed by atoms with van der Waals surface area (Å²) in [7, 11) is 0. The van der Waals surface area contributed by atoms with Crippen LogP contribution >= 0.6 is 22.7 Å². The van der Waals surface area contributed by atoms with Crippen LogP contribution in [0.4, 0.5) is 0 Å². The molecule has 0 aliphatic heterocycles. The molecule has 0 fully saturated rings. The fourth-order valence-electron chi connectivity index (χ4n) is 17.9. The standard InChI is InChI=1S/2C52H32N2S/c1-2-10-33(11-3-1)35-18-23-39(24-19-35)53-48-28-22-38(32-45(48)51-49(53)29-26-43-42-15-7-9-17-50(42)55-52(43)51)37-21-27-47-44(31-37)41-14-6-8-16-46(41)54(47)40-25-20-34-12-4-5-13-36(34)30-40;1-2-10-33(11-3-1)35-18-23-39(24-19-35)53-47-27-22-38(32-44(47)51-48(53)28-29-50-52(51)42-15-7-9-17-49(42)55-50)37-21-26-46-43(31-37)41-14-6-8-16-45(41)54(46)40-25-20-34-12-4-5-13-36(34)30-40/h2*1-32H. The summed E-state index contributed by atoms with van der Waals surface area (Å²) < 4.78 is 15.0. The molecule has 0 bridgehead atoms. The van der Waals surface area contributed by atoms with Gasteiger partial charge < -0.3 is 18.3 Å². The monoisotopic (exact) mass is 1430 g/mol. The van der Waals surface area contributed by atoms with E-state index in [1.54, 1.807) is 0 Å². The molecule has 6 aromatic heterocycles. The summed E-state index contributed by atoms with van der Waals surface area (Å²) >= 11 is 3.79. The molecule has 0 spiro atoms. The predicted octanol–water partition coefficient (Wildman–Crippen LogP) is 29.5. The number of thiophene rings is 2. The second kappa shape index (κ2) is 24.9. The van der Waals surface area contributed by atoms with Crippen molar-refractivity contribution in [1.29, 1.82) is 0 Å². The van der Waals surface area contributed by atoms with Gasteiger partial charge in [0.1, 0.15) is 0 Å². The molecule has 0 aliphatic rings. The minimum Gasteiger partial charge on any atom is -0.309 e. The molecule has 18 aromatic carbocycles. The van der Waals surface area contributed by atoms with Gasteiger partial charge in [0.2, 0.25) is 0 Å². The molecule has 24 aromatic rings. The van der Waals surface area contributed by atoms with E-state index in [1.807, 2.05) is 22.7 Å². The van der Waals surface area contributed by atoms with Gasteiger partial charge in [-0.2, -0.15) is 0 Å². The van der Waals surface area contributed by atoms with Gasteiger partial charge in [0.15, 0.2) is 0 Å². The number of hydrogen-bond acceptors (Lipinski definition) is 2. The van der Waals surface area contributed by atoms with E-state index in [2.05, 4.69) is 407 Å². The van der Waals surface area contributed by atoms with Crippen LogP contribution in [0.2, 0.25) is 0 Å². The van der Waals surface area contributed by atoms with Crippen LogP contribution < -0.4 is 0 Å². The number of benzene rings is 18. The number of fused-ring (bicyclic) bond motifs is 22. The Balaban J connectivity index is 0.000000132. The number of para-hydroxylation sites is 2. The third-order valence-corrected chi connectivity index (χ3v) is 25.3. The molecule has 4 nitrogen and oxygen atoms in total. The van der Waals surface area contributed by atoms with Gasteiger partial charge in [0.05, 0.1) is 44.1 Å². The lowest BCUT2D eigenvalue weighted by molar-refractivity contribution is 1.18. The zero-order chi connectivity index (χ0) is 72.1. The predicted molar refractivity (Wildman–Crippen MR) is 473 cm³/mol. The summed E-state index contributed by atoms with van der Waals surface area (Å²) in [6.07, 6.45) is 0. The van der Waals surface area contributed by atoms with Crippen molar-refractivity contribution in [2.45, 2.75) is 0 Å². The Morgan fingerprint density at radius 1 is 0.155 bits per heavy atom. The van der Waals surface area contributed by atoms with Crippen molar-refractivity contribution in [2.75, 3.05) is 0 Å². The highest BCUT2D eigenvalue weighted by Gasteiger charge is 2.23. The number of nitrogens with zero attached hydrogens (tertiary/aromatic N) is 4. The maximum Gasteiger partial charge on any atom is 0.0555 e. The molecule has 110 heavy (non-hydrogen) atoms. The molecule has 0 amide bonds. The van der Waals surface area contributed by atoms with E-state index in [0.29, 0.717) is 0 Å². The van der Waals surface area contributed by atoms with Crippen LogP contribution in [0, 0.1) is 0 Å². The number of aromatic nitrogens is 4. The minimum atomic E-state index is 1.16. The first kappa shape index (κ1) is 62.3. The first-order valence-electron chi connectivity index (χ1n) is 37.7. The fraction of sp³-hybridized carbons (Fsp3) is 0. The maximum absolute atomic E-state index is 2.45. The Morgan fingerprint density at radius 3 is 1.02 bits per heavy atom. The highest BCUT2D eigenvalue weighted by molar-refractivity contribution is 7.27. The first-order valence-corrected chi connectivity index (χ1v) is 39.3. The Bertz CT molecular complexity index is 7870. The lowest BCUT2D eigenvalue weighted by Gasteiger charge is -2.11. The van der Waals surface area contributed by atoms with Crippen LogP contribution in [-0.4, -0.2) is 18.3 Å². The maximum atomic E-state index is 2.45. The molecule has 6 heterocycles. The topological polar surface area (TPSA) is 19.7 Å². The minimum absolute atomic E-state index is 1.16. The van der Waals surface area contributed by atoms with Gasteiger partial charge in [0, 0.05) is 106 Å². The lowest BCUT2D eigenvalue weighted by atomic mass is 9.99. The molecule has 0 aliphatic carbocycles. The largest absolute Gasteiger partial charge is 0.309 e. The van der Waals surface area contributed by atoms with Gasteiger partial charge in [-0.3, -0.25) is 0 Å². The molecule has 24 rings (SSSR count). The fourth-order valence-corrected chi connectivity index (χ4v) is 20.3. The van der Waals surface area contributed by atoms with E-state index in [9.17, 15) is 0 Å². The molecule has 6 heteroatoms. The lowest BCUT2D eigenvalue weighted by Crippen LogP contribution is -1.94. The van der Waals surface area contributed by atoms with E-state index in [0.717, 1.165) is 11.4 Å². The summed E-state index contributed by atoms with van der Waals surface area (Å²) in [5.41, 5.74) is 24.2. The van der Waals surface area contributed by atoms with Gasteiger partial charge in [-0.05, 0) is 206 Å².